The molecule has 0 fully saturated rings. The summed E-state index contributed by atoms with van der Waals surface area (Å²) < 4.78 is 12.7. The SMILES string of the molecule is COc1cc(-c2cn(C)c3ccccc23)cc(C#N)c1OC. The Labute approximate surface area is 129 Å². The Morgan fingerprint density at radius 2 is 1.86 bits per heavy atom. The van der Waals surface area contributed by atoms with Gasteiger partial charge in [-0.15, -0.1) is 0 Å². The van der Waals surface area contributed by atoms with E-state index in [4.69, 9.17) is 9.47 Å². The summed E-state index contributed by atoms with van der Waals surface area (Å²) in [5.41, 5.74) is 3.61. The highest BCUT2D eigenvalue weighted by molar-refractivity contribution is 5.96. The maximum absolute atomic E-state index is 9.37. The summed E-state index contributed by atoms with van der Waals surface area (Å²) in [7, 11) is 5.12. The van der Waals surface area contributed by atoms with Gasteiger partial charge in [0.25, 0.3) is 0 Å². The van der Waals surface area contributed by atoms with Crippen molar-refractivity contribution in [1.29, 1.82) is 5.26 Å². The summed E-state index contributed by atoms with van der Waals surface area (Å²) in [5.74, 6) is 1.03. The normalized spacial score (nSPS) is 10.5. The molecule has 22 heavy (non-hydrogen) atoms. The van der Waals surface area contributed by atoms with Gasteiger partial charge in [0.2, 0.25) is 0 Å². The van der Waals surface area contributed by atoms with E-state index in [1.807, 2.05) is 31.3 Å². The predicted octanol–water partition coefficient (Wildman–Crippen LogP) is 3.73. The standard InChI is InChI=1S/C18H16N2O2/c1-20-11-15(14-6-4-5-7-16(14)20)12-8-13(10-19)18(22-3)17(9-12)21-2/h4-9,11H,1-3H3. The molecule has 0 amide bonds. The van der Waals surface area contributed by atoms with Crippen LogP contribution in [0, 0.1) is 11.3 Å². The summed E-state index contributed by atoms with van der Waals surface area (Å²) >= 11 is 0. The molecule has 0 aliphatic rings. The number of rotatable bonds is 3. The van der Waals surface area contributed by atoms with Crippen LogP contribution in [0.1, 0.15) is 5.56 Å². The Hall–Kier alpha value is -2.93. The van der Waals surface area contributed by atoms with E-state index < -0.39 is 0 Å². The van der Waals surface area contributed by atoms with Gasteiger partial charge in [0.05, 0.1) is 19.8 Å². The minimum atomic E-state index is 0.463. The lowest BCUT2D eigenvalue weighted by Crippen LogP contribution is -1.94. The molecule has 0 radical (unpaired) electrons. The molecule has 1 heterocycles. The molecule has 0 atom stereocenters. The van der Waals surface area contributed by atoms with Gasteiger partial charge in [-0.3, -0.25) is 0 Å². The van der Waals surface area contributed by atoms with E-state index in [9.17, 15) is 5.26 Å². The van der Waals surface area contributed by atoms with E-state index in [1.165, 1.54) is 7.11 Å². The van der Waals surface area contributed by atoms with Crippen molar-refractivity contribution < 1.29 is 9.47 Å². The summed E-state index contributed by atoms with van der Waals surface area (Å²) in [6, 6.07) is 14.1. The van der Waals surface area contributed by atoms with E-state index in [-0.39, 0.29) is 0 Å². The van der Waals surface area contributed by atoms with Crippen molar-refractivity contribution >= 4 is 10.9 Å². The van der Waals surface area contributed by atoms with Gasteiger partial charge in [-0.1, -0.05) is 18.2 Å². The zero-order chi connectivity index (χ0) is 15.7. The lowest BCUT2D eigenvalue weighted by molar-refractivity contribution is 0.354. The van der Waals surface area contributed by atoms with Crippen molar-refractivity contribution in [2.75, 3.05) is 14.2 Å². The molecule has 3 rings (SSSR count). The van der Waals surface area contributed by atoms with E-state index in [1.54, 1.807) is 7.11 Å². The number of para-hydroxylation sites is 1. The average Bonchev–Trinajstić information content (AvgIpc) is 2.90. The molecular weight excluding hydrogens is 276 g/mol. The van der Waals surface area contributed by atoms with Crippen molar-refractivity contribution in [2.45, 2.75) is 0 Å². The molecule has 0 saturated heterocycles. The van der Waals surface area contributed by atoms with Gasteiger partial charge >= 0.3 is 0 Å². The number of hydrogen-bond donors (Lipinski definition) is 0. The van der Waals surface area contributed by atoms with Crippen molar-refractivity contribution in [3.05, 3.63) is 48.2 Å². The smallest absolute Gasteiger partial charge is 0.178 e. The number of nitriles is 1. The van der Waals surface area contributed by atoms with Crippen LogP contribution in [-0.4, -0.2) is 18.8 Å². The number of methoxy groups -OCH3 is 2. The molecule has 0 saturated carbocycles. The first kappa shape index (κ1) is 14.0. The van der Waals surface area contributed by atoms with Crippen LogP contribution in [-0.2, 0) is 7.05 Å². The first-order valence-electron chi connectivity index (χ1n) is 6.90. The fourth-order valence-electron chi connectivity index (χ4n) is 2.77. The van der Waals surface area contributed by atoms with Crippen LogP contribution in [0.2, 0.25) is 0 Å². The molecule has 4 heteroatoms. The largest absolute Gasteiger partial charge is 0.493 e. The van der Waals surface area contributed by atoms with Crippen LogP contribution in [0.5, 0.6) is 11.5 Å². The van der Waals surface area contributed by atoms with Crippen LogP contribution in [0.15, 0.2) is 42.6 Å². The summed E-state index contributed by atoms with van der Waals surface area (Å²) in [6.45, 7) is 0. The molecule has 0 N–H and O–H groups in total. The molecule has 0 bridgehead atoms. The third-order valence-corrected chi connectivity index (χ3v) is 3.81. The molecule has 0 aliphatic heterocycles. The van der Waals surface area contributed by atoms with Gasteiger partial charge < -0.3 is 14.0 Å². The number of fused-ring (bicyclic) bond motifs is 1. The Balaban J connectivity index is 2.30. The molecule has 1 aromatic heterocycles. The highest BCUT2D eigenvalue weighted by Gasteiger charge is 2.15. The fourth-order valence-corrected chi connectivity index (χ4v) is 2.77. The van der Waals surface area contributed by atoms with Crippen LogP contribution in [0.3, 0.4) is 0 Å². The molecule has 0 unspecified atom stereocenters. The van der Waals surface area contributed by atoms with Crippen LogP contribution >= 0.6 is 0 Å². The van der Waals surface area contributed by atoms with Crippen molar-refractivity contribution in [3.63, 3.8) is 0 Å². The second-order valence-electron chi connectivity index (χ2n) is 5.04. The topological polar surface area (TPSA) is 47.2 Å². The van der Waals surface area contributed by atoms with Crippen molar-refractivity contribution in [3.8, 4) is 28.7 Å². The first-order valence-corrected chi connectivity index (χ1v) is 6.90. The van der Waals surface area contributed by atoms with E-state index in [2.05, 4.69) is 29.0 Å². The number of hydrogen-bond acceptors (Lipinski definition) is 3. The average molecular weight is 292 g/mol. The number of ether oxygens (including phenoxy) is 2. The zero-order valence-electron chi connectivity index (χ0n) is 12.8. The second-order valence-corrected chi connectivity index (χ2v) is 5.04. The Bertz CT molecular complexity index is 888. The lowest BCUT2D eigenvalue weighted by Gasteiger charge is -2.11. The highest BCUT2D eigenvalue weighted by Crippen LogP contribution is 2.38. The maximum atomic E-state index is 9.37. The van der Waals surface area contributed by atoms with E-state index in [0.29, 0.717) is 17.1 Å². The second kappa shape index (κ2) is 5.45. The molecule has 4 nitrogen and oxygen atoms in total. The molecule has 2 aromatic carbocycles. The van der Waals surface area contributed by atoms with Crippen molar-refractivity contribution in [1.82, 2.24) is 4.57 Å². The van der Waals surface area contributed by atoms with E-state index >= 15 is 0 Å². The molecule has 0 aliphatic carbocycles. The third-order valence-electron chi connectivity index (χ3n) is 3.81. The van der Waals surface area contributed by atoms with Crippen LogP contribution < -0.4 is 9.47 Å². The molecule has 0 spiro atoms. The van der Waals surface area contributed by atoms with Crippen LogP contribution in [0.4, 0.5) is 0 Å². The Morgan fingerprint density at radius 1 is 1.09 bits per heavy atom. The summed E-state index contributed by atoms with van der Waals surface area (Å²) in [4.78, 5) is 0. The summed E-state index contributed by atoms with van der Waals surface area (Å²) in [5, 5.41) is 10.5. The zero-order valence-corrected chi connectivity index (χ0v) is 12.8. The van der Waals surface area contributed by atoms with Gasteiger partial charge in [0.1, 0.15) is 6.07 Å². The van der Waals surface area contributed by atoms with Gasteiger partial charge in [0.15, 0.2) is 11.5 Å². The minimum Gasteiger partial charge on any atom is -0.493 e. The van der Waals surface area contributed by atoms with Gasteiger partial charge in [-0.05, 0) is 23.8 Å². The fraction of sp³-hybridized carbons (Fsp3) is 0.167. The van der Waals surface area contributed by atoms with Crippen LogP contribution in [0.25, 0.3) is 22.0 Å². The lowest BCUT2D eigenvalue weighted by atomic mass is 10.0. The first-order chi connectivity index (χ1) is 10.7. The third kappa shape index (κ3) is 2.08. The molecule has 3 aromatic rings. The van der Waals surface area contributed by atoms with Gasteiger partial charge in [0, 0.05) is 29.7 Å². The van der Waals surface area contributed by atoms with E-state index in [0.717, 1.165) is 22.0 Å². The number of benzene rings is 2. The van der Waals surface area contributed by atoms with Crippen molar-refractivity contribution in [2.24, 2.45) is 7.05 Å². The summed E-state index contributed by atoms with van der Waals surface area (Å²) in [6.07, 6.45) is 2.06. The predicted molar refractivity (Wildman–Crippen MR) is 86.2 cm³/mol. The highest BCUT2D eigenvalue weighted by atomic mass is 16.5. The monoisotopic (exact) mass is 292 g/mol. The van der Waals surface area contributed by atoms with Gasteiger partial charge in [-0.25, -0.2) is 0 Å². The Kier molecular flexibility index (Phi) is 3.48. The molecular formula is C18H16N2O2. The maximum Gasteiger partial charge on any atom is 0.178 e. The number of aromatic nitrogens is 1. The van der Waals surface area contributed by atoms with Gasteiger partial charge in [-0.2, -0.15) is 5.26 Å². The molecule has 110 valence electrons. The minimum absolute atomic E-state index is 0.463. The number of aryl methyl sites for hydroxylation is 1. The quantitative estimate of drug-likeness (QED) is 0.739. The number of nitrogens with zero attached hydrogens (tertiary/aromatic N) is 2. The Morgan fingerprint density at radius 3 is 2.55 bits per heavy atom.